The van der Waals surface area contributed by atoms with Crippen LogP contribution < -0.4 is 10.6 Å². The fourth-order valence-electron chi connectivity index (χ4n) is 2.44. The molecule has 0 aliphatic heterocycles. The van der Waals surface area contributed by atoms with E-state index >= 15 is 0 Å². The van der Waals surface area contributed by atoms with Crippen molar-refractivity contribution in [3.63, 3.8) is 0 Å². The lowest BCUT2D eigenvalue weighted by atomic mass is 10.1. The molecule has 118 valence electrons. The molecule has 4 nitrogen and oxygen atoms in total. The molecule has 0 fully saturated rings. The van der Waals surface area contributed by atoms with Gasteiger partial charge in [0.15, 0.2) is 0 Å². The zero-order valence-electron chi connectivity index (χ0n) is 13.2. The molecule has 0 amide bonds. The Morgan fingerprint density at radius 2 is 1.21 bits per heavy atom. The molecule has 0 unspecified atom stereocenters. The highest BCUT2D eigenvalue weighted by molar-refractivity contribution is 5.69. The Kier molecular flexibility index (Phi) is 5.06. The molecular weight excluding hydrogens is 296 g/mol. The molecule has 0 aliphatic rings. The van der Waals surface area contributed by atoms with E-state index < -0.39 is 0 Å². The molecule has 2 aromatic carbocycles. The number of nitrogens with one attached hydrogen (secondary N) is 2. The predicted molar refractivity (Wildman–Crippen MR) is 96.5 cm³/mol. The summed E-state index contributed by atoms with van der Waals surface area (Å²) in [6, 6.07) is 22.4. The smallest absolute Gasteiger partial charge is 0.104 e. The quantitative estimate of drug-likeness (QED) is 0.716. The molecule has 3 aromatic rings. The van der Waals surface area contributed by atoms with Crippen molar-refractivity contribution in [2.24, 2.45) is 0 Å². The lowest BCUT2D eigenvalue weighted by Crippen LogP contribution is -2.06. The molecule has 1 heterocycles. The van der Waals surface area contributed by atoms with E-state index in [9.17, 15) is 5.26 Å². The van der Waals surface area contributed by atoms with Crippen LogP contribution in [0.25, 0.3) is 0 Å². The van der Waals surface area contributed by atoms with Gasteiger partial charge in [-0.1, -0.05) is 60.7 Å². The minimum absolute atomic E-state index is 0.580. The van der Waals surface area contributed by atoms with Crippen molar-refractivity contribution in [2.75, 3.05) is 10.6 Å². The maximum atomic E-state index is 9.54. The first-order valence-electron chi connectivity index (χ1n) is 7.80. The highest BCUT2D eigenvalue weighted by atomic mass is 14.9. The van der Waals surface area contributed by atoms with Gasteiger partial charge in [0.05, 0.1) is 23.8 Å². The van der Waals surface area contributed by atoms with Crippen LogP contribution in [0.15, 0.2) is 73.1 Å². The summed E-state index contributed by atoms with van der Waals surface area (Å²) in [5, 5.41) is 16.1. The van der Waals surface area contributed by atoms with Crippen molar-refractivity contribution in [1.29, 1.82) is 5.26 Å². The first-order valence-corrected chi connectivity index (χ1v) is 7.80. The summed E-state index contributed by atoms with van der Waals surface area (Å²) >= 11 is 0. The number of nitrogens with zero attached hydrogens (tertiary/aromatic N) is 2. The van der Waals surface area contributed by atoms with E-state index in [1.807, 2.05) is 60.7 Å². The van der Waals surface area contributed by atoms with Crippen molar-refractivity contribution in [1.82, 2.24) is 4.98 Å². The number of anilines is 2. The van der Waals surface area contributed by atoms with E-state index in [2.05, 4.69) is 21.7 Å². The average molecular weight is 314 g/mol. The molecule has 1 aromatic heterocycles. The molecule has 0 radical (unpaired) electrons. The van der Waals surface area contributed by atoms with Gasteiger partial charge in [0.25, 0.3) is 0 Å². The lowest BCUT2D eigenvalue weighted by Gasteiger charge is -2.13. The van der Waals surface area contributed by atoms with Gasteiger partial charge < -0.3 is 10.6 Å². The summed E-state index contributed by atoms with van der Waals surface area (Å²) in [6.07, 6.45) is 3.38. The molecule has 4 heteroatoms. The molecule has 0 spiro atoms. The minimum atomic E-state index is 0.580. The van der Waals surface area contributed by atoms with E-state index in [0.29, 0.717) is 18.7 Å². The normalized spacial score (nSPS) is 9.96. The average Bonchev–Trinajstić information content (AvgIpc) is 2.66. The zero-order chi connectivity index (χ0) is 16.6. The second kappa shape index (κ2) is 7.80. The minimum Gasteiger partial charge on any atom is -0.379 e. The largest absolute Gasteiger partial charge is 0.379 e. The fourth-order valence-corrected chi connectivity index (χ4v) is 2.44. The second-order valence-corrected chi connectivity index (χ2v) is 5.40. The number of pyridine rings is 1. The number of hydrogen-bond donors (Lipinski definition) is 2. The zero-order valence-corrected chi connectivity index (χ0v) is 13.2. The van der Waals surface area contributed by atoms with Crippen LogP contribution in [-0.2, 0) is 13.1 Å². The Labute approximate surface area is 141 Å². The van der Waals surface area contributed by atoms with Crippen LogP contribution in [0, 0.1) is 11.3 Å². The third-order valence-electron chi connectivity index (χ3n) is 3.71. The van der Waals surface area contributed by atoms with Gasteiger partial charge in [-0.3, -0.25) is 4.98 Å². The van der Waals surface area contributed by atoms with Gasteiger partial charge in [0.2, 0.25) is 0 Å². The fraction of sp³-hybridized carbons (Fsp3) is 0.100. The van der Waals surface area contributed by atoms with Crippen molar-refractivity contribution < 1.29 is 0 Å². The summed E-state index contributed by atoms with van der Waals surface area (Å²) < 4.78 is 0. The predicted octanol–water partition coefficient (Wildman–Crippen LogP) is 4.18. The molecule has 0 aliphatic carbocycles. The van der Waals surface area contributed by atoms with Crippen LogP contribution in [-0.4, -0.2) is 4.98 Å². The highest BCUT2D eigenvalue weighted by Gasteiger charge is 2.08. The van der Waals surface area contributed by atoms with Gasteiger partial charge in [0.1, 0.15) is 11.6 Å². The van der Waals surface area contributed by atoms with Crippen LogP contribution in [0.4, 0.5) is 11.4 Å². The molecular formula is C20H18N4. The number of rotatable bonds is 6. The summed E-state index contributed by atoms with van der Waals surface area (Å²) in [5.41, 5.74) is 4.36. The topological polar surface area (TPSA) is 60.7 Å². The Hall–Kier alpha value is -3.32. The standard InChI is InChI=1S/C20H18N4/c21-11-18-19(23-12-16-7-3-1-4-8-16)14-22-15-20(18)24-13-17-9-5-2-6-10-17/h1-10,14-15,23-24H,12-13H2. The third kappa shape index (κ3) is 3.90. The van der Waals surface area contributed by atoms with Crippen LogP contribution >= 0.6 is 0 Å². The van der Waals surface area contributed by atoms with Crippen molar-refractivity contribution >= 4 is 11.4 Å². The van der Waals surface area contributed by atoms with E-state index in [4.69, 9.17) is 0 Å². The summed E-state index contributed by atoms with van der Waals surface area (Å²) in [7, 11) is 0. The second-order valence-electron chi connectivity index (χ2n) is 5.40. The van der Waals surface area contributed by atoms with Gasteiger partial charge in [0, 0.05) is 13.1 Å². The van der Waals surface area contributed by atoms with Gasteiger partial charge in [-0.2, -0.15) is 5.26 Å². The van der Waals surface area contributed by atoms with Crippen LogP contribution in [0.1, 0.15) is 16.7 Å². The molecule has 2 N–H and O–H groups in total. The van der Waals surface area contributed by atoms with Crippen LogP contribution in [0.5, 0.6) is 0 Å². The number of nitriles is 1. The first kappa shape index (κ1) is 15.6. The number of benzene rings is 2. The summed E-state index contributed by atoms with van der Waals surface area (Å²) in [5.74, 6) is 0. The molecule has 3 rings (SSSR count). The van der Waals surface area contributed by atoms with Gasteiger partial charge >= 0.3 is 0 Å². The van der Waals surface area contributed by atoms with Crippen molar-refractivity contribution in [2.45, 2.75) is 13.1 Å². The van der Waals surface area contributed by atoms with Gasteiger partial charge in [-0.25, -0.2) is 0 Å². The van der Waals surface area contributed by atoms with E-state index in [1.165, 1.54) is 0 Å². The van der Waals surface area contributed by atoms with Crippen LogP contribution in [0.2, 0.25) is 0 Å². The van der Waals surface area contributed by atoms with Crippen molar-refractivity contribution in [3.8, 4) is 6.07 Å². The maximum absolute atomic E-state index is 9.54. The Balaban J connectivity index is 1.72. The Morgan fingerprint density at radius 1 is 0.750 bits per heavy atom. The van der Waals surface area contributed by atoms with Crippen molar-refractivity contribution in [3.05, 3.63) is 89.7 Å². The van der Waals surface area contributed by atoms with Gasteiger partial charge in [-0.05, 0) is 11.1 Å². The highest BCUT2D eigenvalue weighted by Crippen LogP contribution is 2.23. The third-order valence-corrected chi connectivity index (χ3v) is 3.71. The molecule has 24 heavy (non-hydrogen) atoms. The SMILES string of the molecule is N#Cc1c(NCc2ccccc2)cncc1NCc1ccccc1. The molecule has 0 bridgehead atoms. The first-order chi connectivity index (χ1) is 11.9. The lowest BCUT2D eigenvalue weighted by molar-refractivity contribution is 1.11. The van der Waals surface area contributed by atoms with Crippen LogP contribution in [0.3, 0.4) is 0 Å². The Bertz CT molecular complexity index is 762. The number of aromatic nitrogens is 1. The summed E-state index contributed by atoms with van der Waals surface area (Å²) in [4.78, 5) is 4.24. The Morgan fingerprint density at radius 3 is 1.62 bits per heavy atom. The maximum Gasteiger partial charge on any atom is 0.104 e. The number of hydrogen-bond acceptors (Lipinski definition) is 4. The molecule has 0 atom stereocenters. The van der Waals surface area contributed by atoms with E-state index in [1.54, 1.807) is 12.4 Å². The van der Waals surface area contributed by atoms with Gasteiger partial charge in [-0.15, -0.1) is 0 Å². The van der Waals surface area contributed by atoms with E-state index in [0.717, 1.165) is 22.5 Å². The molecule has 0 saturated heterocycles. The molecule has 0 saturated carbocycles. The summed E-state index contributed by atoms with van der Waals surface area (Å²) in [6.45, 7) is 1.30. The van der Waals surface area contributed by atoms with E-state index in [-0.39, 0.29) is 0 Å². The monoisotopic (exact) mass is 314 g/mol.